The van der Waals surface area contributed by atoms with Crippen LogP contribution in [-0.2, 0) is 12.8 Å². The normalized spacial score (nSPS) is 20.8. The van der Waals surface area contributed by atoms with E-state index in [2.05, 4.69) is 51.3 Å². The molecule has 4 heteroatoms. The predicted octanol–water partition coefficient (Wildman–Crippen LogP) is 1.70. The van der Waals surface area contributed by atoms with Gasteiger partial charge in [-0.25, -0.2) is 0 Å². The average molecular weight is 345 g/mol. The van der Waals surface area contributed by atoms with Gasteiger partial charge < -0.3 is 20.0 Å². The molecule has 1 N–H and O–H groups in total. The fourth-order valence-corrected chi connectivity index (χ4v) is 3.89. The van der Waals surface area contributed by atoms with Crippen molar-refractivity contribution in [3.8, 4) is 0 Å². The van der Waals surface area contributed by atoms with E-state index in [-0.39, 0.29) is 0 Å². The molecular weight excluding hydrogens is 308 g/mol. The van der Waals surface area contributed by atoms with Crippen molar-refractivity contribution in [3.63, 3.8) is 0 Å². The van der Waals surface area contributed by atoms with Gasteiger partial charge in [0.25, 0.3) is 0 Å². The number of nitrogens with zero attached hydrogens (tertiary/aromatic N) is 3. The third-order valence-corrected chi connectivity index (χ3v) is 5.71. The Morgan fingerprint density at radius 1 is 0.720 bits per heavy atom. The van der Waals surface area contributed by atoms with Crippen molar-refractivity contribution < 1.29 is 0 Å². The lowest BCUT2D eigenvalue weighted by molar-refractivity contribution is 0.153. The summed E-state index contributed by atoms with van der Waals surface area (Å²) in [6.07, 6.45) is 4.99. The highest BCUT2D eigenvalue weighted by Crippen LogP contribution is 2.10. The van der Waals surface area contributed by atoms with Crippen molar-refractivity contribution in [2.75, 3.05) is 72.5 Å². The Morgan fingerprint density at radius 2 is 1.20 bits per heavy atom. The average Bonchev–Trinajstić information content (AvgIpc) is 2.66. The van der Waals surface area contributed by atoms with E-state index < -0.39 is 0 Å². The van der Waals surface area contributed by atoms with Crippen LogP contribution in [0.3, 0.4) is 0 Å². The molecule has 0 atom stereocenters. The Balaban J connectivity index is 1.30. The van der Waals surface area contributed by atoms with Gasteiger partial charge in [-0.3, -0.25) is 0 Å². The summed E-state index contributed by atoms with van der Waals surface area (Å²) in [5.74, 6) is 0. The van der Waals surface area contributed by atoms with Crippen molar-refractivity contribution in [3.05, 3.63) is 35.4 Å². The van der Waals surface area contributed by atoms with E-state index in [0.717, 1.165) is 13.1 Å². The third-order valence-electron chi connectivity index (χ3n) is 5.71. The highest BCUT2D eigenvalue weighted by molar-refractivity contribution is 5.22. The number of hydrogen-bond acceptors (Lipinski definition) is 4. The van der Waals surface area contributed by atoms with Crippen molar-refractivity contribution in [1.82, 2.24) is 20.0 Å². The molecule has 0 bridgehead atoms. The molecule has 2 fully saturated rings. The molecule has 2 aliphatic heterocycles. The van der Waals surface area contributed by atoms with E-state index >= 15 is 0 Å². The van der Waals surface area contributed by atoms with E-state index in [1.54, 1.807) is 0 Å². The molecule has 0 radical (unpaired) electrons. The first kappa shape index (κ1) is 18.8. The molecule has 0 unspecified atom stereocenters. The number of piperazine rings is 2. The summed E-state index contributed by atoms with van der Waals surface area (Å²) in [5.41, 5.74) is 3.00. The molecule has 2 saturated heterocycles. The van der Waals surface area contributed by atoms with Gasteiger partial charge >= 0.3 is 0 Å². The minimum Gasteiger partial charge on any atom is -0.314 e. The van der Waals surface area contributed by atoms with E-state index in [1.165, 1.54) is 89.2 Å². The van der Waals surface area contributed by atoms with Gasteiger partial charge in [0, 0.05) is 52.4 Å². The molecule has 2 aliphatic rings. The minimum absolute atomic E-state index is 1.16. The first-order valence-corrected chi connectivity index (χ1v) is 10.2. The molecule has 0 aromatic heterocycles. The van der Waals surface area contributed by atoms with Crippen LogP contribution in [0.15, 0.2) is 24.3 Å². The monoisotopic (exact) mass is 344 g/mol. The van der Waals surface area contributed by atoms with Gasteiger partial charge in [0.1, 0.15) is 0 Å². The van der Waals surface area contributed by atoms with E-state index in [4.69, 9.17) is 0 Å². The summed E-state index contributed by atoms with van der Waals surface area (Å²) in [6, 6.07) is 9.40. The smallest absolute Gasteiger partial charge is 0.0110 e. The molecular formula is C21H36N4. The van der Waals surface area contributed by atoms with Crippen LogP contribution in [0.25, 0.3) is 0 Å². The van der Waals surface area contributed by atoms with Crippen LogP contribution in [0, 0.1) is 0 Å². The van der Waals surface area contributed by atoms with Crippen molar-refractivity contribution in [2.45, 2.75) is 25.7 Å². The summed E-state index contributed by atoms with van der Waals surface area (Å²) in [6.45, 7) is 12.2. The second kappa shape index (κ2) is 10.3. The molecule has 2 heterocycles. The van der Waals surface area contributed by atoms with Crippen LogP contribution in [-0.4, -0.2) is 87.2 Å². The quantitative estimate of drug-likeness (QED) is 0.775. The predicted molar refractivity (Wildman–Crippen MR) is 106 cm³/mol. The molecule has 0 saturated carbocycles. The standard InChI is InChI=1S/C21H36N4/c1-23-16-18-25(19-17-23)13-3-5-21-8-6-20(7-9-21)4-2-12-24-14-10-22-11-15-24/h6-9,22H,2-5,10-19H2,1H3. The zero-order valence-electron chi connectivity index (χ0n) is 16.1. The van der Waals surface area contributed by atoms with Crippen LogP contribution < -0.4 is 5.32 Å². The van der Waals surface area contributed by atoms with Gasteiger partial charge in [-0.2, -0.15) is 0 Å². The number of nitrogens with one attached hydrogen (secondary N) is 1. The first-order chi connectivity index (χ1) is 12.3. The molecule has 0 aliphatic carbocycles. The highest BCUT2D eigenvalue weighted by atomic mass is 15.2. The molecule has 0 spiro atoms. The first-order valence-electron chi connectivity index (χ1n) is 10.2. The number of hydrogen-bond donors (Lipinski definition) is 1. The Morgan fingerprint density at radius 3 is 1.72 bits per heavy atom. The topological polar surface area (TPSA) is 21.8 Å². The van der Waals surface area contributed by atoms with E-state index in [1.807, 2.05) is 0 Å². The van der Waals surface area contributed by atoms with Crippen molar-refractivity contribution in [1.29, 1.82) is 0 Å². The summed E-state index contributed by atoms with van der Waals surface area (Å²) in [7, 11) is 2.22. The summed E-state index contributed by atoms with van der Waals surface area (Å²) >= 11 is 0. The molecule has 4 nitrogen and oxygen atoms in total. The maximum absolute atomic E-state index is 3.42. The molecule has 1 aromatic carbocycles. The van der Waals surface area contributed by atoms with Crippen LogP contribution in [0.4, 0.5) is 0 Å². The largest absolute Gasteiger partial charge is 0.314 e. The molecule has 140 valence electrons. The number of likely N-dealkylation sites (N-methyl/N-ethyl adjacent to an activating group) is 1. The Labute approximate surface area is 154 Å². The minimum atomic E-state index is 1.16. The van der Waals surface area contributed by atoms with Gasteiger partial charge in [0.05, 0.1) is 0 Å². The Kier molecular flexibility index (Phi) is 7.74. The lowest BCUT2D eigenvalue weighted by atomic mass is 10.0. The van der Waals surface area contributed by atoms with Gasteiger partial charge in [-0.1, -0.05) is 24.3 Å². The van der Waals surface area contributed by atoms with Crippen LogP contribution in [0.5, 0.6) is 0 Å². The highest BCUT2D eigenvalue weighted by Gasteiger charge is 2.12. The fourth-order valence-electron chi connectivity index (χ4n) is 3.89. The zero-order valence-corrected chi connectivity index (χ0v) is 16.1. The number of benzene rings is 1. The Hall–Kier alpha value is -0.940. The van der Waals surface area contributed by atoms with Gasteiger partial charge in [0.15, 0.2) is 0 Å². The van der Waals surface area contributed by atoms with E-state index in [9.17, 15) is 0 Å². The summed E-state index contributed by atoms with van der Waals surface area (Å²) in [5, 5.41) is 3.42. The lowest BCUT2D eigenvalue weighted by Crippen LogP contribution is -2.44. The lowest BCUT2D eigenvalue weighted by Gasteiger charge is -2.32. The van der Waals surface area contributed by atoms with Gasteiger partial charge in [0.2, 0.25) is 0 Å². The number of aryl methyl sites for hydroxylation is 2. The van der Waals surface area contributed by atoms with Crippen LogP contribution in [0.1, 0.15) is 24.0 Å². The molecule has 3 rings (SSSR count). The van der Waals surface area contributed by atoms with Gasteiger partial charge in [-0.05, 0) is 56.9 Å². The third kappa shape index (κ3) is 6.70. The SMILES string of the molecule is CN1CCN(CCCc2ccc(CCCN3CCNCC3)cc2)CC1. The second-order valence-corrected chi connectivity index (χ2v) is 7.76. The molecule has 0 amide bonds. The Bertz CT molecular complexity index is 473. The maximum Gasteiger partial charge on any atom is 0.0110 e. The van der Waals surface area contributed by atoms with Crippen LogP contribution in [0.2, 0.25) is 0 Å². The molecule has 1 aromatic rings. The maximum atomic E-state index is 3.42. The van der Waals surface area contributed by atoms with Crippen molar-refractivity contribution in [2.24, 2.45) is 0 Å². The molecule has 25 heavy (non-hydrogen) atoms. The zero-order chi connectivity index (χ0) is 17.3. The second-order valence-electron chi connectivity index (χ2n) is 7.76. The van der Waals surface area contributed by atoms with E-state index in [0.29, 0.717) is 0 Å². The van der Waals surface area contributed by atoms with Gasteiger partial charge in [-0.15, -0.1) is 0 Å². The fraction of sp³-hybridized carbons (Fsp3) is 0.714. The van der Waals surface area contributed by atoms with Crippen LogP contribution >= 0.6 is 0 Å². The number of rotatable bonds is 8. The summed E-state index contributed by atoms with van der Waals surface area (Å²) in [4.78, 5) is 7.63. The van der Waals surface area contributed by atoms with Crippen molar-refractivity contribution >= 4 is 0 Å². The summed E-state index contributed by atoms with van der Waals surface area (Å²) < 4.78 is 0.